The first-order valence-electron chi connectivity index (χ1n) is 9.62. The van der Waals surface area contributed by atoms with Crippen molar-refractivity contribution >= 4 is 28.4 Å². The quantitative estimate of drug-likeness (QED) is 0.715. The molecule has 1 aromatic heterocycles. The highest BCUT2D eigenvalue weighted by atomic mass is 16.7. The van der Waals surface area contributed by atoms with E-state index in [-0.39, 0.29) is 24.5 Å². The van der Waals surface area contributed by atoms with Crippen molar-refractivity contribution in [1.29, 1.82) is 0 Å². The van der Waals surface area contributed by atoms with E-state index >= 15 is 0 Å². The molecule has 2 aromatic carbocycles. The first-order valence-corrected chi connectivity index (χ1v) is 9.62. The fraction of sp³-hybridized carbons (Fsp3) is 0.286. The number of nitrogens with zero attached hydrogens (tertiary/aromatic N) is 2. The number of hydrogen-bond acceptors (Lipinski definition) is 5. The molecule has 0 bridgehead atoms. The molecule has 0 unspecified atom stereocenters. The average molecular weight is 392 g/mol. The first kappa shape index (κ1) is 17.5. The van der Waals surface area contributed by atoms with Crippen molar-refractivity contribution in [3.8, 4) is 11.5 Å². The largest absolute Gasteiger partial charge is 0.454 e. The lowest BCUT2D eigenvalue weighted by Gasteiger charge is -2.31. The van der Waals surface area contributed by atoms with E-state index in [4.69, 9.17) is 9.47 Å². The summed E-state index contributed by atoms with van der Waals surface area (Å²) in [6, 6.07) is 12.9. The minimum atomic E-state index is -0.139. The number of para-hydroxylation sites is 1. The molecule has 29 heavy (non-hydrogen) atoms. The minimum Gasteiger partial charge on any atom is -0.454 e. The highest BCUT2D eigenvalue weighted by Gasteiger charge is 2.29. The van der Waals surface area contributed by atoms with E-state index in [2.05, 4.69) is 15.5 Å². The van der Waals surface area contributed by atoms with Crippen molar-refractivity contribution in [2.45, 2.75) is 12.8 Å². The van der Waals surface area contributed by atoms with Crippen LogP contribution in [0.15, 0.2) is 42.5 Å². The van der Waals surface area contributed by atoms with E-state index in [0.29, 0.717) is 48.8 Å². The molecule has 3 heterocycles. The molecule has 0 saturated carbocycles. The number of aromatic amines is 1. The Hall–Kier alpha value is -3.55. The molecule has 5 rings (SSSR count). The summed E-state index contributed by atoms with van der Waals surface area (Å²) < 4.78 is 10.6. The van der Waals surface area contributed by atoms with Crippen LogP contribution in [0.2, 0.25) is 0 Å². The number of aromatic nitrogens is 2. The maximum Gasteiger partial charge on any atom is 0.274 e. The van der Waals surface area contributed by atoms with Gasteiger partial charge in [-0.25, -0.2) is 0 Å². The van der Waals surface area contributed by atoms with Crippen molar-refractivity contribution in [2.75, 3.05) is 25.2 Å². The van der Waals surface area contributed by atoms with Gasteiger partial charge in [0.15, 0.2) is 17.2 Å². The molecule has 1 saturated heterocycles. The van der Waals surface area contributed by atoms with Gasteiger partial charge in [0.05, 0.1) is 5.52 Å². The number of likely N-dealkylation sites (tertiary alicyclic amines) is 1. The first-order chi connectivity index (χ1) is 14.2. The summed E-state index contributed by atoms with van der Waals surface area (Å²) in [5.41, 5.74) is 1.96. The summed E-state index contributed by atoms with van der Waals surface area (Å²) >= 11 is 0. The van der Waals surface area contributed by atoms with Crippen molar-refractivity contribution < 1.29 is 19.1 Å². The molecule has 8 nitrogen and oxygen atoms in total. The molecular formula is C21H20N4O4. The van der Waals surface area contributed by atoms with Gasteiger partial charge in [0, 0.05) is 36.1 Å². The smallest absolute Gasteiger partial charge is 0.274 e. The van der Waals surface area contributed by atoms with E-state index < -0.39 is 0 Å². The van der Waals surface area contributed by atoms with Crippen LogP contribution in [0, 0.1) is 5.92 Å². The van der Waals surface area contributed by atoms with E-state index in [9.17, 15) is 9.59 Å². The molecule has 0 radical (unpaired) electrons. The van der Waals surface area contributed by atoms with Gasteiger partial charge >= 0.3 is 0 Å². The summed E-state index contributed by atoms with van der Waals surface area (Å²) in [6.45, 7) is 1.25. The molecular weight excluding hydrogens is 372 g/mol. The lowest BCUT2D eigenvalue weighted by molar-refractivity contribution is -0.121. The van der Waals surface area contributed by atoms with Crippen molar-refractivity contribution in [1.82, 2.24) is 15.1 Å². The zero-order valence-corrected chi connectivity index (χ0v) is 15.7. The number of nitrogens with one attached hydrogen (secondary N) is 2. The molecule has 1 fully saturated rings. The van der Waals surface area contributed by atoms with E-state index in [0.717, 1.165) is 10.9 Å². The van der Waals surface area contributed by atoms with Gasteiger partial charge in [0.1, 0.15) is 0 Å². The Kier molecular flexibility index (Phi) is 4.31. The van der Waals surface area contributed by atoms with Crippen LogP contribution in [-0.2, 0) is 4.79 Å². The Morgan fingerprint density at radius 3 is 2.72 bits per heavy atom. The molecule has 148 valence electrons. The summed E-state index contributed by atoms with van der Waals surface area (Å²) in [6.07, 6.45) is 1.23. The predicted molar refractivity (Wildman–Crippen MR) is 106 cm³/mol. The zero-order valence-electron chi connectivity index (χ0n) is 15.7. The maximum atomic E-state index is 12.9. The second-order valence-electron chi connectivity index (χ2n) is 7.24. The Balaban J connectivity index is 1.21. The molecule has 0 aliphatic carbocycles. The van der Waals surface area contributed by atoms with Crippen LogP contribution < -0.4 is 14.8 Å². The van der Waals surface area contributed by atoms with Crippen LogP contribution in [0.4, 0.5) is 5.69 Å². The van der Waals surface area contributed by atoms with E-state index in [1.54, 1.807) is 23.1 Å². The van der Waals surface area contributed by atoms with Gasteiger partial charge in [0.2, 0.25) is 12.7 Å². The van der Waals surface area contributed by atoms with Gasteiger partial charge < -0.3 is 19.7 Å². The van der Waals surface area contributed by atoms with Crippen molar-refractivity contribution in [3.05, 3.63) is 48.2 Å². The molecule has 2 aliphatic heterocycles. The number of piperidine rings is 1. The monoisotopic (exact) mass is 392 g/mol. The molecule has 3 aromatic rings. The number of fused-ring (bicyclic) bond motifs is 2. The van der Waals surface area contributed by atoms with Crippen LogP contribution >= 0.6 is 0 Å². The van der Waals surface area contributed by atoms with Gasteiger partial charge in [-0.2, -0.15) is 5.10 Å². The van der Waals surface area contributed by atoms with Gasteiger partial charge in [-0.1, -0.05) is 18.2 Å². The lowest BCUT2D eigenvalue weighted by Crippen LogP contribution is -2.41. The summed E-state index contributed by atoms with van der Waals surface area (Å²) in [4.78, 5) is 27.3. The average Bonchev–Trinajstić information content (AvgIpc) is 3.40. The minimum absolute atomic E-state index is 0.0406. The number of rotatable bonds is 3. The van der Waals surface area contributed by atoms with Crippen LogP contribution in [0.25, 0.3) is 10.9 Å². The Bertz CT molecular complexity index is 1090. The molecule has 8 heteroatoms. The lowest BCUT2D eigenvalue weighted by atomic mass is 9.95. The Labute approximate surface area is 166 Å². The third kappa shape index (κ3) is 3.26. The van der Waals surface area contributed by atoms with Gasteiger partial charge in [0.25, 0.3) is 5.91 Å². The highest BCUT2D eigenvalue weighted by molar-refractivity contribution is 6.04. The highest BCUT2D eigenvalue weighted by Crippen LogP contribution is 2.34. The number of ether oxygens (including phenoxy) is 2. The summed E-state index contributed by atoms with van der Waals surface area (Å²) in [5, 5.41) is 10.9. The van der Waals surface area contributed by atoms with Crippen LogP contribution in [-0.4, -0.2) is 46.8 Å². The van der Waals surface area contributed by atoms with Crippen LogP contribution in [0.1, 0.15) is 23.3 Å². The standard InChI is InChI=1S/C21H20N4O4/c26-20(22-14-5-6-17-18(11-14)29-12-28-17)13-7-9-25(10-8-13)21(27)19-15-3-1-2-4-16(15)23-24-19/h1-6,11,13H,7-10,12H2,(H,22,26)(H,23,24). The number of H-pyrrole nitrogens is 1. The Morgan fingerprint density at radius 2 is 1.86 bits per heavy atom. The number of benzene rings is 2. The van der Waals surface area contributed by atoms with Crippen molar-refractivity contribution in [3.63, 3.8) is 0 Å². The topological polar surface area (TPSA) is 96.6 Å². The number of carbonyl (C=O) groups excluding carboxylic acids is 2. The van der Waals surface area contributed by atoms with E-state index in [1.165, 1.54) is 0 Å². The summed E-state index contributed by atoms with van der Waals surface area (Å²) in [5.74, 6) is 1.04. The fourth-order valence-electron chi connectivity index (χ4n) is 3.84. The Morgan fingerprint density at radius 1 is 1.07 bits per heavy atom. The third-order valence-electron chi connectivity index (χ3n) is 5.47. The third-order valence-corrected chi connectivity index (χ3v) is 5.47. The SMILES string of the molecule is O=C(Nc1ccc2c(c1)OCO2)C1CCN(C(=O)c2n[nH]c3ccccc23)CC1. The number of anilines is 1. The summed E-state index contributed by atoms with van der Waals surface area (Å²) in [7, 11) is 0. The van der Waals surface area contributed by atoms with Gasteiger partial charge in [-0.15, -0.1) is 0 Å². The molecule has 0 spiro atoms. The maximum absolute atomic E-state index is 12.9. The molecule has 2 N–H and O–H groups in total. The molecule has 2 aliphatic rings. The van der Waals surface area contributed by atoms with Crippen LogP contribution in [0.3, 0.4) is 0 Å². The number of carbonyl (C=O) groups is 2. The normalized spacial score (nSPS) is 16.2. The van der Waals surface area contributed by atoms with Gasteiger partial charge in [-0.05, 0) is 31.0 Å². The second kappa shape index (κ2) is 7.12. The van der Waals surface area contributed by atoms with E-state index in [1.807, 2.05) is 24.3 Å². The second-order valence-corrected chi connectivity index (χ2v) is 7.24. The molecule has 0 atom stereocenters. The molecule has 2 amide bonds. The van der Waals surface area contributed by atoms with Gasteiger partial charge in [-0.3, -0.25) is 14.7 Å². The zero-order chi connectivity index (χ0) is 19.8. The number of hydrogen-bond donors (Lipinski definition) is 2. The number of amides is 2. The van der Waals surface area contributed by atoms with Crippen LogP contribution in [0.5, 0.6) is 11.5 Å². The fourth-order valence-corrected chi connectivity index (χ4v) is 3.84. The van der Waals surface area contributed by atoms with Crippen molar-refractivity contribution in [2.24, 2.45) is 5.92 Å². The predicted octanol–water partition coefficient (Wildman–Crippen LogP) is 2.78.